The van der Waals surface area contributed by atoms with Crippen molar-refractivity contribution in [3.05, 3.63) is 29.5 Å². The summed E-state index contributed by atoms with van der Waals surface area (Å²) in [7, 11) is 1.86. The Balaban J connectivity index is 0.00000225. The summed E-state index contributed by atoms with van der Waals surface area (Å²) in [5.41, 5.74) is 5.90. The Kier molecular flexibility index (Phi) is 6.70. The maximum atomic E-state index is 12.4. The highest BCUT2D eigenvalue weighted by molar-refractivity contribution is 7.99. The minimum absolute atomic E-state index is 0. The molecule has 3 N–H and O–H groups in total. The third-order valence-electron chi connectivity index (χ3n) is 3.90. The fourth-order valence-electron chi connectivity index (χ4n) is 2.34. The van der Waals surface area contributed by atoms with Crippen molar-refractivity contribution in [1.29, 1.82) is 0 Å². The molecule has 136 valence electrons. The van der Waals surface area contributed by atoms with Gasteiger partial charge in [0.1, 0.15) is 11.9 Å². The number of carbonyl (C=O) groups is 1. The summed E-state index contributed by atoms with van der Waals surface area (Å²) in [5, 5.41) is 11.9. The van der Waals surface area contributed by atoms with Crippen LogP contribution >= 0.6 is 35.8 Å². The van der Waals surface area contributed by atoms with Gasteiger partial charge in [0, 0.05) is 30.8 Å². The summed E-state index contributed by atoms with van der Waals surface area (Å²) in [6.45, 7) is 0.996. The predicted octanol–water partition coefficient (Wildman–Crippen LogP) is 2.49. The first-order valence-electron chi connectivity index (χ1n) is 7.47. The van der Waals surface area contributed by atoms with E-state index in [0.29, 0.717) is 36.8 Å². The Morgan fingerprint density at radius 2 is 2.16 bits per heavy atom. The molecule has 1 aromatic heterocycles. The van der Waals surface area contributed by atoms with Crippen molar-refractivity contribution in [2.24, 2.45) is 12.8 Å². The highest BCUT2D eigenvalue weighted by Gasteiger charge is 2.35. The van der Waals surface area contributed by atoms with E-state index in [1.165, 1.54) is 11.8 Å². The molecule has 2 aromatic rings. The number of rotatable bonds is 4. The summed E-state index contributed by atoms with van der Waals surface area (Å²) < 4.78 is 7.07. The second-order valence-corrected chi connectivity index (χ2v) is 7.11. The Morgan fingerprint density at radius 3 is 2.76 bits per heavy atom. The standard InChI is InChI=1S/C15H18ClN5O2S.ClH/c1-21-9-18-20-14(21)24-12-3-2-10(8-11(12)16)19-13(22)15(17)4-6-23-7-5-15;/h2-3,8-9H,4-7,17H2,1H3,(H,19,22);1H. The van der Waals surface area contributed by atoms with Crippen molar-refractivity contribution in [3.63, 3.8) is 0 Å². The molecule has 1 amide bonds. The van der Waals surface area contributed by atoms with Gasteiger partial charge < -0.3 is 20.4 Å². The smallest absolute Gasteiger partial charge is 0.244 e. The van der Waals surface area contributed by atoms with Crippen molar-refractivity contribution >= 4 is 47.4 Å². The normalized spacial score (nSPS) is 16.1. The third-order valence-corrected chi connectivity index (χ3v) is 5.45. The molecule has 1 fully saturated rings. The first-order chi connectivity index (χ1) is 11.5. The van der Waals surface area contributed by atoms with Crippen molar-refractivity contribution in [2.75, 3.05) is 18.5 Å². The summed E-state index contributed by atoms with van der Waals surface area (Å²) in [4.78, 5) is 13.3. The number of aryl methyl sites for hydroxylation is 1. The first kappa shape index (κ1) is 20.0. The zero-order valence-electron chi connectivity index (χ0n) is 13.6. The summed E-state index contributed by atoms with van der Waals surface area (Å²) in [6.07, 6.45) is 2.64. The van der Waals surface area contributed by atoms with Crippen LogP contribution in [0, 0.1) is 0 Å². The largest absolute Gasteiger partial charge is 0.381 e. The molecule has 1 saturated heterocycles. The van der Waals surface area contributed by atoms with Crippen LogP contribution in [-0.4, -0.2) is 39.4 Å². The van der Waals surface area contributed by atoms with E-state index < -0.39 is 5.54 Å². The zero-order chi connectivity index (χ0) is 17.2. The zero-order valence-corrected chi connectivity index (χ0v) is 16.0. The van der Waals surface area contributed by atoms with Crippen molar-refractivity contribution in [1.82, 2.24) is 14.8 Å². The average Bonchev–Trinajstić information content (AvgIpc) is 2.96. The van der Waals surface area contributed by atoms with Gasteiger partial charge in [0.25, 0.3) is 0 Å². The molecule has 1 aromatic carbocycles. The molecular weight excluding hydrogens is 385 g/mol. The molecule has 0 radical (unpaired) electrons. The number of carbonyl (C=O) groups excluding carboxylic acids is 1. The molecule has 0 atom stereocenters. The van der Waals surface area contributed by atoms with Gasteiger partial charge in [-0.1, -0.05) is 11.6 Å². The Labute approximate surface area is 161 Å². The van der Waals surface area contributed by atoms with E-state index in [9.17, 15) is 4.79 Å². The van der Waals surface area contributed by atoms with E-state index in [4.69, 9.17) is 22.1 Å². The molecule has 25 heavy (non-hydrogen) atoms. The van der Waals surface area contributed by atoms with Gasteiger partial charge in [0.15, 0.2) is 5.16 Å². The van der Waals surface area contributed by atoms with Gasteiger partial charge in [0.2, 0.25) is 5.91 Å². The number of nitrogens with one attached hydrogen (secondary N) is 1. The van der Waals surface area contributed by atoms with Gasteiger partial charge in [-0.05, 0) is 42.8 Å². The second kappa shape index (κ2) is 8.37. The minimum Gasteiger partial charge on any atom is -0.381 e. The number of benzene rings is 1. The molecule has 10 heteroatoms. The van der Waals surface area contributed by atoms with Crippen LogP contribution in [0.5, 0.6) is 0 Å². The number of nitrogens with two attached hydrogens (primary N) is 1. The highest BCUT2D eigenvalue weighted by Crippen LogP contribution is 2.33. The van der Waals surface area contributed by atoms with E-state index in [1.54, 1.807) is 23.0 Å². The Morgan fingerprint density at radius 1 is 1.44 bits per heavy atom. The summed E-state index contributed by atoms with van der Waals surface area (Å²) >= 11 is 7.73. The molecule has 0 bridgehead atoms. The maximum absolute atomic E-state index is 12.4. The molecule has 7 nitrogen and oxygen atoms in total. The lowest BCUT2D eigenvalue weighted by Gasteiger charge is -2.31. The van der Waals surface area contributed by atoms with Gasteiger partial charge in [-0.3, -0.25) is 4.79 Å². The number of aromatic nitrogens is 3. The third kappa shape index (κ3) is 4.65. The number of amides is 1. The van der Waals surface area contributed by atoms with Crippen LogP contribution in [0.3, 0.4) is 0 Å². The maximum Gasteiger partial charge on any atom is 0.244 e. The van der Waals surface area contributed by atoms with Crippen LogP contribution in [-0.2, 0) is 16.6 Å². The van der Waals surface area contributed by atoms with Crippen LogP contribution in [0.1, 0.15) is 12.8 Å². The van der Waals surface area contributed by atoms with Gasteiger partial charge in [0.05, 0.1) is 5.02 Å². The molecule has 3 rings (SSSR count). The topological polar surface area (TPSA) is 95.1 Å². The number of halogens is 2. The van der Waals surface area contributed by atoms with Gasteiger partial charge in [-0.25, -0.2) is 0 Å². The first-order valence-corrected chi connectivity index (χ1v) is 8.67. The van der Waals surface area contributed by atoms with Crippen LogP contribution in [0.2, 0.25) is 5.02 Å². The SMILES string of the molecule is Cl.Cn1cnnc1Sc1ccc(NC(=O)C2(N)CCOCC2)cc1Cl. The van der Waals surface area contributed by atoms with Crippen LogP contribution < -0.4 is 11.1 Å². The molecule has 0 saturated carbocycles. The monoisotopic (exact) mass is 403 g/mol. The van der Waals surface area contributed by atoms with Crippen molar-refractivity contribution in [2.45, 2.75) is 28.4 Å². The fourth-order valence-corrected chi connectivity index (χ4v) is 3.41. The lowest BCUT2D eigenvalue weighted by atomic mass is 9.90. The van der Waals surface area contributed by atoms with E-state index >= 15 is 0 Å². The molecular formula is C15H19Cl2N5O2S. The molecule has 2 heterocycles. The Bertz CT molecular complexity index is 749. The van der Waals surface area contributed by atoms with E-state index in [-0.39, 0.29) is 18.3 Å². The number of anilines is 1. The number of hydrogen-bond acceptors (Lipinski definition) is 6. The van der Waals surface area contributed by atoms with E-state index in [2.05, 4.69) is 15.5 Å². The van der Waals surface area contributed by atoms with Crippen LogP contribution in [0.4, 0.5) is 5.69 Å². The number of ether oxygens (including phenoxy) is 1. The fraction of sp³-hybridized carbons (Fsp3) is 0.400. The molecule has 0 aliphatic carbocycles. The van der Waals surface area contributed by atoms with Crippen LogP contribution in [0.15, 0.2) is 34.6 Å². The number of nitrogens with zero attached hydrogens (tertiary/aromatic N) is 3. The predicted molar refractivity (Wildman–Crippen MR) is 99.4 cm³/mol. The van der Waals surface area contributed by atoms with E-state index in [0.717, 1.165) is 10.1 Å². The van der Waals surface area contributed by atoms with Crippen molar-refractivity contribution < 1.29 is 9.53 Å². The lowest BCUT2D eigenvalue weighted by molar-refractivity contribution is -0.124. The van der Waals surface area contributed by atoms with Gasteiger partial charge >= 0.3 is 0 Å². The Hall–Kier alpha value is -1.32. The van der Waals surface area contributed by atoms with E-state index in [1.807, 2.05) is 13.1 Å². The highest BCUT2D eigenvalue weighted by atomic mass is 35.5. The quantitative estimate of drug-likeness (QED) is 0.813. The van der Waals surface area contributed by atoms with Crippen LogP contribution in [0.25, 0.3) is 0 Å². The molecule has 0 spiro atoms. The van der Waals surface area contributed by atoms with Gasteiger partial charge in [-0.15, -0.1) is 22.6 Å². The summed E-state index contributed by atoms with van der Waals surface area (Å²) in [5.74, 6) is -0.212. The van der Waals surface area contributed by atoms with Gasteiger partial charge in [-0.2, -0.15) is 0 Å². The molecule has 0 unspecified atom stereocenters. The summed E-state index contributed by atoms with van der Waals surface area (Å²) in [6, 6.07) is 5.34. The molecule has 1 aliphatic heterocycles. The second-order valence-electron chi connectivity index (χ2n) is 5.69. The minimum atomic E-state index is -0.892. The average molecular weight is 404 g/mol. The lowest BCUT2D eigenvalue weighted by Crippen LogP contribution is -2.54. The van der Waals surface area contributed by atoms with Crippen molar-refractivity contribution in [3.8, 4) is 0 Å². The molecule has 1 aliphatic rings. The number of hydrogen-bond donors (Lipinski definition) is 2.